The molecule has 0 bridgehead atoms. The lowest BCUT2D eigenvalue weighted by Crippen LogP contribution is -2.14. The molecule has 0 unspecified atom stereocenters. The maximum atomic E-state index is 2.53. The third-order valence-electron chi connectivity index (χ3n) is 13.5. The van der Waals surface area contributed by atoms with Gasteiger partial charge in [-0.2, -0.15) is 0 Å². The fourth-order valence-corrected chi connectivity index (χ4v) is 10.8. The highest BCUT2D eigenvalue weighted by Gasteiger charge is 2.36. The monoisotopic (exact) mass is 735 g/mol. The first-order valence-electron chi connectivity index (χ1n) is 20.4. The van der Waals surface area contributed by atoms with E-state index in [4.69, 9.17) is 0 Å². The van der Waals surface area contributed by atoms with E-state index in [0.29, 0.717) is 0 Å². The molecule has 1 aromatic heterocycles. The average molecular weight is 736 g/mol. The summed E-state index contributed by atoms with van der Waals surface area (Å²) in [5.41, 5.74) is 11.5. The van der Waals surface area contributed by atoms with Crippen molar-refractivity contribution in [3.05, 3.63) is 199 Å². The quantitative estimate of drug-likeness (QED) is 0.156. The fourth-order valence-electron chi connectivity index (χ4n) is 10.8. The van der Waals surface area contributed by atoms with Crippen LogP contribution in [0.1, 0.15) is 25.0 Å². The Morgan fingerprint density at radius 3 is 1.31 bits per heavy atom. The van der Waals surface area contributed by atoms with Gasteiger partial charge >= 0.3 is 0 Å². The van der Waals surface area contributed by atoms with Crippen molar-refractivity contribution < 1.29 is 0 Å². The molecule has 1 nitrogen and oxygen atoms in total. The van der Waals surface area contributed by atoms with Gasteiger partial charge in [-0.1, -0.05) is 159 Å². The molecule has 0 aliphatic heterocycles. The molecule has 0 radical (unpaired) electrons. The van der Waals surface area contributed by atoms with E-state index in [9.17, 15) is 0 Å². The highest BCUT2D eigenvalue weighted by Crippen LogP contribution is 2.51. The van der Waals surface area contributed by atoms with Crippen molar-refractivity contribution in [2.24, 2.45) is 0 Å². The van der Waals surface area contributed by atoms with Crippen LogP contribution in [-0.2, 0) is 5.41 Å². The van der Waals surface area contributed by atoms with Gasteiger partial charge in [0.05, 0.1) is 11.0 Å². The van der Waals surface area contributed by atoms with Crippen molar-refractivity contribution in [2.45, 2.75) is 19.3 Å². The molecule has 0 amide bonds. The first-order chi connectivity index (χ1) is 28.5. The summed E-state index contributed by atoms with van der Waals surface area (Å²) in [6.45, 7) is 4.77. The molecule has 11 aromatic carbocycles. The zero-order chi connectivity index (χ0) is 38.3. The van der Waals surface area contributed by atoms with Crippen molar-refractivity contribution in [3.63, 3.8) is 0 Å². The Labute approximate surface area is 336 Å². The topological polar surface area (TPSA) is 4.93 Å². The maximum absolute atomic E-state index is 2.53. The minimum atomic E-state index is -0.108. The molecule has 0 N–H and O–H groups in total. The van der Waals surface area contributed by atoms with E-state index in [2.05, 4.69) is 206 Å². The van der Waals surface area contributed by atoms with Crippen molar-refractivity contribution in [1.29, 1.82) is 0 Å². The average Bonchev–Trinajstić information content (AvgIpc) is 3.72. The number of hydrogen-bond acceptors (Lipinski definition) is 0. The van der Waals surface area contributed by atoms with Gasteiger partial charge in [0.25, 0.3) is 0 Å². The molecule has 1 aliphatic rings. The number of fused-ring (bicyclic) bond motifs is 18. The first-order valence-corrected chi connectivity index (χ1v) is 20.4. The molecule has 0 saturated heterocycles. The molecule has 1 aliphatic carbocycles. The predicted octanol–water partition coefficient (Wildman–Crippen LogP) is 15.7. The van der Waals surface area contributed by atoms with Crippen LogP contribution in [0.3, 0.4) is 0 Å². The summed E-state index contributed by atoms with van der Waals surface area (Å²) in [5.74, 6) is 0. The summed E-state index contributed by atoms with van der Waals surface area (Å²) in [4.78, 5) is 0. The van der Waals surface area contributed by atoms with Crippen molar-refractivity contribution in [2.75, 3.05) is 0 Å². The van der Waals surface area contributed by atoms with E-state index in [0.717, 1.165) is 0 Å². The smallest absolute Gasteiger partial charge is 0.0544 e. The van der Waals surface area contributed by atoms with Gasteiger partial charge in [-0.25, -0.2) is 0 Å². The van der Waals surface area contributed by atoms with Crippen LogP contribution in [0.5, 0.6) is 0 Å². The van der Waals surface area contributed by atoms with Gasteiger partial charge in [0.2, 0.25) is 0 Å². The molecular formula is C57H37N. The van der Waals surface area contributed by atoms with Crippen LogP contribution in [0.2, 0.25) is 0 Å². The molecular weight excluding hydrogens is 699 g/mol. The van der Waals surface area contributed by atoms with Crippen LogP contribution in [0.25, 0.3) is 114 Å². The lowest BCUT2D eigenvalue weighted by atomic mass is 9.82. The van der Waals surface area contributed by atoms with Gasteiger partial charge in [-0.05, 0) is 140 Å². The third kappa shape index (κ3) is 4.20. The summed E-state index contributed by atoms with van der Waals surface area (Å²) >= 11 is 0. The second-order valence-electron chi connectivity index (χ2n) is 16.8. The third-order valence-corrected chi connectivity index (χ3v) is 13.5. The van der Waals surface area contributed by atoms with E-state index < -0.39 is 0 Å². The van der Waals surface area contributed by atoms with Crippen LogP contribution in [0.15, 0.2) is 188 Å². The summed E-state index contributed by atoms with van der Waals surface area (Å²) in [6.07, 6.45) is 0. The fraction of sp³-hybridized carbons (Fsp3) is 0.0526. The molecule has 0 atom stereocenters. The van der Waals surface area contributed by atoms with Crippen molar-refractivity contribution >= 4 is 86.4 Å². The van der Waals surface area contributed by atoms with Gasteiger partial charge in [0, 0.05) is 21.9 Å². The van der Waals surface area contributed by atoms with Crippen molar-refractivity contribution in [3.8, 4) is 27.9 Å². The van der Waals surface area contributed by atoms with E-state index >= 15 is 0 Å². The largest absolute Gasteiger partial charge is 0.309 e. The van der Waals surface area contributed by atoms with Crippen LogP contribution < -0.4 is 0 Å². The summed E-state index contributed by atoms with van der Waals surface area (Å²) in [6, 6.07) is 70.7. The molecule has 58 heavy (non-hydrogen) atoms. The Bertz CT molecular complexity index is 3690. The molecule has 270 valence electrons. The van der Waals surface area contributed by atoms with Crippen LogP contribution in [0, 0.1) is 0 Å². The summed E-state index contributed by atoms with van der Waals surface area (Å²) in [5, 5.41) is 18.1. The lowest BCUT2D eigenvalue weighted by Gasteiger charge is -2.21. The van der Waals surface area contributed by atoms with Crippen molar-refractivity contribution in [1.82, 2.24) is 4.57 Å². The molecule has 0 spiro atoms. The van der Waals surface area contributed by atoms with Gasteiger partial charge in [0.15, 0.2) is 0 Å². The number of aromatic nitrogens is 1. The normalized spacial score (nSPS) is 13.5. The predicted molar refractivity (Wildman–Crippen MR) is 249 cm³/mol. The highest BCUT2D eigenvalue weighted by atomic mass is 15.0. The van der Waals surface area contributed by atoms with E-state index in [1.54, 1.807) is 0 Å². The molecule has 1 heterocycles. The molecule has 0 fully saturated rings. The SMILES string of the molecule is CC1(C)c2ccccc2-c2cc3c4cc(-c5ccc6c7ccccc7c7ccccc7c6c5)ccc4n(-c4ccc5c6ccccc6c6ccccc6c5c4)c3cc21. The Morgan fingerprint density at radius 1 is 0.293 bits per heavy atom. The highest BCUT2D eigenvalue weighted by molar-refractivity contribution is 6.27. The first kappa shape index (κ1) is 31.9. The van der Waals surface area contributed by atoms with E-state index in [1.807, 2.05) is 0 Å². The lowest BCUT2D eigenvalue weighted by molar-refractivity contribution is 0.661. The van der Waals surface area contributed by atoms with Crippen LogP contribution >= 0.6 is 0 Å². The minimum absolute atomic E-state index is 0.108. The molecule has 0 saturated carbocycles. The van der Waals surface area contributed by atoms with E-state index in [1.165, 1.54) is 126 Å². The minimum Gasteiger partial charge on any atom is -0.309 e. The second kappa shape index (κ2) is 11.4. The summed E-state index contributed by atoms with van der Waals surface area (Å²) < 4.78 is 2.53. The summed E-state index contributed by atoms with van der Waals surface area (Å²) in [7, 11) is 0. The van der Waals surface area contributed by atoms with Crippen LogP contribution in [-0.4, -0.2) is 4.57 Å². The molecule has 1 heteroatoms. The van der Waals surface area contributed by atoms with E-state index in [-0.39, 0.29) is 5.41 Å². The number of hydrogen-bond donors (Lipinski definition) is 0. The van der Waals surface area contributed by atoms with Gasteiger partial charge < -0.3 is 4.57 Å². The Hall–Kier alpha value is -7.22. The Morgan fingerprint density at radius 2 is 0.724 bits per heavy atom. The number of rotatable bonds is 2. The standard InChI is InChI=1S/C57H37N/c1-57(2)53-22-12-11-21-47(53)50-32-52-51-30-35(34-23-26-45-41-17-5-3-13-37(41)39-15-7-9-19-43(39)48(45)29-34)24-28-55(51)58(56(52)33-54(50)57)36-25-27-46-42-18-6-4-14-38(42)40-16-8-10-20-44(40)49(46)31-36/h3-33H,1-2H3. The number of nitrogens with zero attached hydrogens (tertiary/aromatic N) is 1. The van der Waals surface area contributed by atoms with Gasteiger partial charge in [-0.3, -0.25) is 0 Å². The zero-order valence-corrected chi connectivity index (χ0v) is 32.3. The second-order valence-corrected chi connectivity index (χ2v) is 16.8. The van der Waals surface area contributed by atoms with Crippen LogP contribution in [0.4, 0.5) is 0 Å². The zero-order valence-electron chi connectivity index (χ0n) is 32.3. The van der Waals surface area contributed by atoms with Gasteiger partial charge in [0.1, 0.15) is 0 Å². The van der Waals surface area contributed by atoms with Gasteiger partial charge in [-0.15, -0.1) is 0 Å². The Balaban J connectivity index is 1.10. The molecule has 13 rings (SSSR count). The Kier molecular flexibility index (Phi) is 6.29. The molecule has 12 aromatic rings. The maximum Gasteiger partial charge on any atom is 0.0544 e. The number of benzene rings is 11.